The van der Waals surface area contributed by atoms with Crippen molar-refractivity contribution in [2.75, 3.05) is 56.0 Å². The number of hydrogen-bond donors (Lipinski definition) is 2. The SMILES string of the molecule is O=C(CC1C(=O)NCCN1C(=O)CN1CCN(c2ccccc2F)CC1)Nc1ccc(F)cc1. The Morgan fingerprint density at radius 2 is 1.68 bits per heavy atom. The molecule has 0 aliphatic carbocycles. The minimum atomic E-state index is -0.915. The lowest BCUT2D eigenvalue weighted by Crippen LogP contribution is -2.60. The molecule has 3 amide bonds. The average molecular weight is 472 g/mol. The second-order valence-electron chi connectivity index (χ2n) is 8.37. The first kappa shape index (κ1) is 23.6. The van der Waals surface area contributed by atoms with Crippen molar-refractivity contribution in [3.63, 3.8) is 0 Å². The highest BCUT2D eigenvalue weighted by Crippen LogP contribution is 2.20. The molecule has 34 heavy (non-hydrogen) atoms. The Morgan fingerprint density at radius 1 is 0.971 bits per heavy atom. The van der Waals surface area contributed by atoms with Crippen molar-refractivity contribution in [1.29, 1.82) is 0 Å². The zero-order chi connectivity index (χ0) is 24.1. The number of hydrogen-bond acceptors (Lipinski definition) is 5. The predicted molar refractivity (Wildman–Crippen MR) is 123 cm³/mol. The fourth-order valence-electron chi connectivity index (χ4n) is 4.27. The summed E-state index contributed by atoms with van der Waals surface area (Å²) in [6.45, 7) is 3.08. The number of rotatable bonds is 6. The Kier molecular flexibility index (Phi) is 7.36. The van der Waals surface area contributed by atoms with Crippen LogP contribution in [-0.2, 0) is 14.4 Å². The van der Waals surface area contributed by atoms with Crippen molar-refractivity contribution < 1.29 is 23.2 Å². The average Bonchev–Trinajstić information content (AvgIpc) is 2.83. The number of carbonyl (C=O) groups excluding carboxylic acids is 3. The van der Waals surface area contributed by atoms with Crippen LogP contribution in [-0.4, -0.2) is 79.4 Å². The number of carbonyl (C=O) groups is 3. The number of anilines is 2. The number of amides is 3. The van der Waals surface area contributed by atoms with E-state index in [9.17, 15) is 23.2 Å². The number of benzene rings is 2. The highest BCUT2D eigenvalue weighted by molar-refractivity contribution is 5.97. The molecule has 2 aromatic carbocycles. The molecular weight excluding hydrogens is 444 g/mol. The van der Waals surface area contributed by atoms with E-state index in [0.717, 1.165) is 0 Å². The van der Waals surface area contributed by atoms with Gasteiger partial charge in [0.1, 0.15) is 17.7 Å². The lowest BCUT2D eigenvalue weighted by Gasteiger charge is -2.39. The van der Waals surface area contributed by atoms with Gasteiger partial charge in [-0.3, -0.25) is 19.3 Å². The van der Waals surface area contributed by atoms with Gasteiger partial charge in [-0.25, -0.2) is 8.78 Å². The lowest BCUT2D eigenvalue weighted by molar-refractivity contribution is -0.145. The zero-order valence-corrected chi connectivity index (χ0v) is 18.7. The Labute approximate surface area is 196 Å². The monoisotopic (exact) mass is 471 g/mol. The third-order valence-corrected chi connectivity index (χ3v) is 6.08. The number of halogens is 2. The van der Waals surface area contributed by atoms with Gasteiger partial charge in [0.15, 0.2) is 0 Å². The molecule has 4 rings (SSSR count). The third-order valence-electron chi connectivity index (χ3n) is 6.08. The van der Waals surface area contributed by atoms with Crippen LogP contribution in [0.1, 0.15) is 6.42 Å². The van der Waals surface area contributed by atoms with Crippen LogP contribution >= 0.6 is 0 Å². The van der Waals surface area contributed by atoms with Gasteiger partial charge in [0, 0.05) is 45.0 Å². The second-order valence-corrected chi connectivity index (χ2v) is 8.37. The minimum Gasteiger partial charge on any atom is -0.367 e. The van der Waals surface area contributed by atoms with E-state index in [-0.39, 0.29) is 30.6 Å². The normalized spacial score (nSPS) is 19.0. The fourth-order valence-corrected chi connectivity index (χ4v) is 4.27. The van der Waals surface area contributed by atoms with Crippen LogP contribution in [0.15, 0.2) is 48.5 Å². The summed E-state index contributed by atoms with van der Waals surface area (Å²) in [6, 6.07) is 11.0. The van der Waals surface area contributed by atoms with Crippen molar-refractivity contribution in [3.8, 4) is 0 Å². The molecule has 0 aromatic heterocycles. The molecule has 0 saturated carbocycles. The summed E-state index contributed by atoms with van der Waals surface area (Å²) in [5, 5.41) is 5.34. The molecule has 1 unspecified atom stereocenters. The van der Waals surface area contributed by atoms with Gasteiger partial charge < -0.3 is 20.4 Å². The standard InChI is InChI=1S/C24H27F2N5O3/c25-17-5-7-18(8-6-17)28-22(32)15-21-24(34)27-9-10-31(21)23(33)16-29-11-13-30(14-12-29)20-4-2-1-3-19(20)26/h1-8,21H,9-16H2,(H,27,34)(H,28,32). The van der Waals surface area contributed by atoms with Crippen molar-refractivity contribution in [1.82, 2.24) is 15.1 Å². The molecule has 2 aliphatic heterocycles. The largest absolute Gasteiger partial charge is 0.367 e. The molecule has 2 aromatic rings. The summed E-state index contributed by atoms with van der Waals surface area (Å²) < 4.78 is 27.1. The molecule has 2 N–H and O–H groups in total. The number of para-hydroxylation sites is 1. The van der Waals surface area contributed by atoms with Crippen molar-refractivity contribution in [2.45, 2.75) is 12.5 Å². The maximum absolute atomic E-state index is 14.1. The molecule has 1 atom stereocenters. The third kappa shape index (κ3) is 5.69. The van der Waals surface area contributed by atoms with Gasteiger partial charge in [-0.2, -0.15) is 0 Å². The molecule has 2 aliphatic rings. The van der Waals surface area contributed by atoms with E-state index in [4.69, 9.17) is 0 Å². The van der Waals surface area contributed by atoms with Gasteiger partial charge in [-0.1, -0.05) is 12.1 Å². The molecule has 10 heteroatoms. The zero-order valence-electron chi connectivity index (χ0n) is 18.7. The van der Waals surface area contributed by atoms with Gasteiger partial charge in [0.05, 0.1) is 18.7 Å². The summed E-state index contributed by atoms with van der Waals surface area (Å²) in [6.07, 6.45) is -0.198. The Hall–Kier alpha value is -3.53. The minimum absolute atomic E-state index is 0.120. The fraction of sp³-hybridized carbons (Fsp3) is 0.375. The Balaban J connectivity index is 1.32. The topological polar surface area (TPSA) is 85.0 Å². The molecule has 0 bridgehead atoms. The molecule has 0 spiro atoms. The van der Waals surface area contributed by atoms with Crippen LogP contribution in [0.2, 0.25) is 0 Å². The van der Waals surface area contributed by atoms with Gasteiger partial charge in [0.2, 0.25) is 17.7 Å². The van der Waals surface area contributed by atoms with E-state index in [2.05, 4.69) is 10.6 Å². The first-order valence-corrected chi connectivity index (χ1v) is 11.2. The summed E-state index contributed by atoms with van der Waals surface area (Å²) in [4.78, 5) is 43.4. The summed E-state index contributed by atoms with van der Waals surface area (Å²) in [5.74, 6) is -1.73. The quantitative estimate of drug-likeness (QED) is 0.666. The summed E-state index contributed by atoms with van der Waals surface area (Å²) >= 11 is 0. The predicted octanol–water partition coefficient (Wildman–Crippen LogP) is 1.44. The molecular formula is C24H27F2N5O3. The molecule has 2 heterocycles. The molecule has 8 nitrogen and oxygen atoms in total. The van der Waals surface area contributed by atoms with Crippen LogP contribution in [0.5, 0.6) is 0 Å². The smallest absolute Gasteiger partial charge is 0.243 e. The number of nitrogens with zero attached hydrogens (tertiary/aromatic N) is 3. The van der Waals surface area contributed by atoms with Crippen LogP contribution in [0.4, 0.5) is 20.2 Å². The number of piperazine rings is 2. The molecule has 2 fully saturated rings. The Morgan fingerprint density at radius 3 is 2.38 bits per heavy atom. The number of nitrogens with one attached hydrogen (secondary N) is 2. The van der Waals surface area contributed by atoms with Crippen LogP contribution < -0.4 is 15.5 Å². The van der Waals surface area contributed by atoms with E-state index in [0.29, 0.717) is 50.6 Å². The first-order valence-electron chi connectivity index (χ1n) is 11.2. The van der Waals surface area contributed by atoms with E-state index in [1.807, 2.05) is 9.80 Å². The second kappa shape index (κ2) is 10.6. The maximum Gasteiger partial charge on any atom is 0.243 e. The van der Waals surface area contributed by atoms with Gasteiger partial charge in [0.25, 0.3) is 0 Å². The van der Waals surface area contributed by atoms with Gasteiger partial charge in [-0.05, 0) is 36.4 Å². The highest BCUT2D eigenvalue weighted by atomic mass is 19.1. The Bertz CT molecular complexity index is 1040. The molecule has 0 radical (unpaired) electrons. The first-order chi connectivity index (χ1) is 16.4. The van der Waals surface area contributed by atoms with E-state index in [1.54, 1.807) is 18.2 Å². The maximum atomic E-state index is 14.1. The van der Waals surface area contributed by atoms with E-state index in [1.165, 1.54) is 35.2 Å². The lowest BCUT2D eigenvalue weighted by atomic mass is 10.1. The van der Waals surface area contributed by atoms with Gasteiger partial charge in [-0.15, -0.1) is 0 Å². The highest BCUT2D eigenvalue weighted by Gasteiger charge is 2.35. The van der Waals surface area contributed by atoms with Crippen LogP contribution in [0, 0.1) is 11.6 Å². The summed E-state index contributed by atoms with van der Waals surface area (Å²) in [5.41, 5.74) is 0.960. The summed E-state index contributed by atoms with van der Waals surface area (Å²) in [7, 11) is 0. The van der Waals surface area contributed by atoms with E-state index < -0.39 is 17.8 Å². The molecule has 2 saturated heterocycles. The van der Waals surface area contributed by atoms with Crippen LogP contribution in [0.3, 0.4) is 0 Å². The van der Waals surface area contributed by atoms with Crippen molar-refractivity contribution >= 4 is 29.1 Å². The van der Waals surface area contributed by atoms with Crippen LogP contribution in [0.25, 0.3) is 0 Å². The van der Waals surface area contributed by atoms with Crippen molar-refractivity contribution in [2.24, 2.45) is 0 Å². The molecule has 180 valence electrons. The van der Waals surface area contributed by atoms with Gasteiger partial charge >= 0.3 is 0 Å². The van der Waals surface area contributed by atoms with Crippen molar-refractivity contribution in [3.05, 3.63) is 60.2 Å². The van der Waals surface area contributed by atoms with E-state index >= 15 is 0 Å².